The summed E-state index contributed by atoms with van der Waals surface area (Å²) in [5, 5.41) is 0.505. The first-order valence-corrected chi connectivity index (χ1v) is 9.43. The van der Waals surface area contributed by atoms with E-state index >= 15 is 0 Å². The minimum Gasteiger partial charge on any atom is -0.369 e. The van der Waals surface area contributed by atoms with Gasteiger partial charge in [-0.2, -0.15) is 0 Å². The van der Waals surface area contributed by atoms with Crippen molar-refractivity contribution in [2.45, 2.75) is 58.9 Å². The van der Waals surface area contributed by atoms with E-state index in [0.717, 1.165) is 12.8 Å². The summed E-state index contributed by atoms with van der Waals surface area (Å²) in [4.78, 5) is 30.9. The molecule has 1 aliphatic carbocycles. The highest BCUT2D eigenvalue weighted by atomic mass is 35.5. The number of rotatable bonds is 6. The first-order valence-electron chi connectivity index (χ1n) is 9.05. The lowest BCUT2D eigenvalue weighted by molar-refractivity contribution is -0.168. The Kier molecular flexibility index (Phi) is 8.58. The average Bonchev–Trinajstić information content (AvgIpc) is 2.54. The SMILES string of the molecule is CC(C)C(C(=O)ONC1(c2ccccc2Cl)CCCCC1=O)C(C)C.Cl. The monoisotopic (exact) mass is 401 g/mol. The van der Waals surface area contributed by atoms with Crippen LogP contribution in [0.15, 0.2) is 24.3 Å². The van der Waals surface area contributed by atoms with Crippen LogP contribution in [0.1, 0.15) is 58.9 Å². The summed E-state index contributed by atoms with van der Waals surface area (Å²) in [5.41, 5.74) is 2.48. The highest BCUT2D eigenvalue weighted by molar-refractivity contribution is 6.31. The Balaban J connectivity index is 0.00000338. The Morgan fingerprint density at radius 1 is 1.15 bits per heavy atom. The zero-order valence-corrected chi connectivity index (χ0v) is 17.5. The van der Waals surface area contributed by atoms with Gasteiger partial charge in [-0.1, -0.05) is 63.9 Å². The highest BCUT2D eigenvalue weighted by Gasteiger charge is 2.44. The molecule has 6 heteroatoms. The second-order valence-corrected chi connectivity index (χ2v) is 7.96. The van der Waals surface area contributed by atoms with E-state index in [1.807, 2.05) is 45.9 Å². The van der Waals surface area contributed by atoms with Crippen molar-refractivity contribution in [3.8, 4) is 0 Å². The number of carbonyl (C=O) groups is 2. The van der Waals surface area contributed by atoms with Crippen molar-refractivity contribution in [3.63, 3.8) is 0 Å². The van der Waals surface area contributed by atoms with Gasteiger partial charge in [-0.05, 0) is 30.7 Å². The van der Waals surface area contributed by atoms with Crippen molar-refractivity contribution in [2.24, 2.45) is 17.8 Å². The molecule has 1 aromatic rings. The van der Waals surface area contributed by atoms with E-state index in [1.54, 1.807) is 6.07 Å². The van der Waals surface area contributed by atoms with Crippen LogP contribution in [0.4, 0.5) is 0 Å². The summed E-state index contributed by atoms with van der Waals surface area (Å²) in [7, 11) is 0. The summed E-state index contributed by atoms with van der Waals surface area (Å²) in [6.07, 6.45) is 2.74. The summed E-state index contributed by atoms with van der Waals surface area (Å²) in [6, 6.07) is 7.26. The second kappa shape index (κ2) is 9.72. The molecule has 0 saturated heterocycles. The maximum atomic E-state index is 12.8. The smallest absolute Gasteiger partial charge is 0.328 e. The van der Waals surface area contributed by atoms with E-state index in [-0.39, 0.29) is 41.9 Å². The molecule has 0 spiro atoms. The number of nitrogens with one attached hydrogen (secondary N) is 1. The number of benzene rings is 1. The first kappa shape index (κ1) is 22.9. The molecule has 1 N–H and O–H groups in total. The molecule has 4 nitrogen and oxygen atoms in total. The van der Waals surface area contributed by atoms with E-state index in [4.69, 9.17) is 16.4 Å². The summed E-state index contributed by atoms with van der Waals surface area (Å²) >= 11 is 6.36. The predicted octanol–water partition coefficient (Wildman–Crippen LogP) is 5.08. The fourth-order valence-electron chi connectivity index (χ4n) is 3.80. The molecule has 1 aromatic carbocycles. The first-order chi connectivity index (χ1) is 11.8. The lowest BCUT2D eigenvalue weighted by Crippen LogP contribution is -2.52. The molecule has 0 aliphatic heterocycles. The van der Waals surface area contributed by atoms with Crippen LogP contribution in [-0.4, -0.2) is 11.8 Å². The molecule has 1 saturated carbocycles. The van der Waals surface area contributed by atoms with E-state index in [2.05, 4.69) is 5.48 Å². The summed E-state index contributed by atoms with van der Waals surface area (Å²) in [6.45, 7) is 8.01. The van der Waals surface area contributed by atoms with Crippen molar-refractivity contribution >= 4 is 35.8 Å². The highest BCUT2D eigenvalue weighted by Crippen LogP contribution is 2.38. The van der Waals surface area contributed by atoms with Crippen LogP contribution in [0.3, 0.4) is 0 Å². The van der Waals surface area contributed by atoms with Crippen LogP contribution in [0, 0.1) is 17.8 Å². The quantitative estimate of drug-likeness (QED) is 0.675. The van der Waals surface area contributed by atoms with Crippen LogP contribution in [0.25, 0.3) is 0 Å². The zero-order valence-electron chi connectivity index (χ0n) is 15.9. The molecule has 0 amide bonds. The third-order valence-corrected chi connectivity index (χ3v) is 5.38. The van der Waals surface area contributed by atoms with Gasteiger partial charge >= 0.3 is 5.97 Å². The average molecular weight is 402 g/mol. The van der Waals surface area contributed by atoms with Crippen molar-refractivity contribution in [2.75, 3.05) is 0 Å². The van der Waals surface area contributed by atoms with Crippen molar-refractivity contribution in [3.05, 3.63) is 34.9 Å². The molecular weight excluding hydrogens is 373 g/mol. The fraction of sp³-hybridized carbons (Fsp3) is 0.600. The molecule has 0 radical (unpaired) electrons. The Hall–Kier alpha value is -1.10. The standard InChI is InChI=1S/C20H28ClNO3.ClH/c1-13(2)18(14(3)4)19(24)25-22-20(12-8-7-11-17(20)23)15-9-5-6-10-16(15)21;/h5-6,9-10,13-14,18,22H,7-8,11-12H2,1-4H3;1H. The van der Waals surface area contributed by atoms with Gasteiger partial charge in [0.05, 0.1) is 5.92 Å². The fourth-order valence-corrected chi connectivity index (χ4v) is 4.10. The third-order valence-electron chi connectivity index (χ3n) is 5.05. The van der Waals surface area contributed by atoms with Crippen molar-refractivity contribution < 1.29 is 14.4 Å². The van der Waals surface area contributed by atoms with Crippen molar-refractivity contribution in [1.29, 1.82) is 0 Å². The van der Waals surface area contributed by atoms with Crippen LogP contribution in [0.5, 0.6) is 0 Å². The number of hydroxylamine groups is 1. The van der Waals surface area contributed by atoms with Crippen LogP contribution in [0.2, 0.25) is 5.02 Å². The van der Waals surface area contributed by atoms with Crippen LogP contribution < -0.4 is 5.48 Å². The zero-order chi connectivity index (χ0) is 18.6. The van der Waals surface area contributed by atoms with Gasteiger partial charge in [0.1, 0.15) is 5.54 Å². The number of halogens is 2. The Labute approximate surface area is 167 Å². The predicted molar refractivity (Wildman–Crippen MR) is 106 cm³/mol. The van der Waals surface area contributed by atoms with E-state index < -0.39 is 5.54 Å². The van der Waals surface area contributed by atoms with Crippen LogP contribution >= 0.6 is 24.0 Å². The molecule has 0 aromatic heterocycles. The summed E-state index contributed by atoms with van der Waals surface area (Å²) in [5.74, 6) is -0.213. The van der Waals surface area contributed by atoms with Gasteiger partial charge in [0.15, 0.2) is 5.78 Å². The molecule has 146 valence electrons. The Bertz CT molecular complexity index is 625. The Morgan fingerprint density at radius 3 is 2.31 bits per heavy atom. The van der Waals surface area contributed by atoms with Crippen molar-refractivity contribution in [1.82, 2.24) is 5.48 Å². The minimum atomic E-state index is -1.05. The second-order valence-electron chi connectivity index (χ2n) is 7.55. The van der Waals surface area contributed by atoms with Gasteiger partial charge in [0.25, 0.3) is 0 Å². The van der Waals surface area contributed by atoms with E-state index in [0.29, 0.717) is 23.4 Å². The molecule has 1 atom stereocenters. The lowest BCUT2D eigenvalue weighted by Gasteiger charge is -2.37. The largest absolute Gasteiger partial charge is 0.369 e. The van der Waals surface area contributed by atoms with E-state index in [1.165, 1.54) is 0 Å². The molecule has 0 heterocycles. The molecule has 26 heavy (non-hydrogen) atoms. The normalized spacial score (nSPS) is 20.4. The van der Waals surface area contributed by atoms with Gasteiger partial charge in [-0.3, -0.25) is 9.59 Å². The lowest BCUT2D eigenvalue weighted by atomic mass is 9.76. The maximum absolute atomic E-state index is 12.8. The van der Waals surface area contributed by atoms with Gasteiger partial charge in [0.2, 0.25) is 0 Å². The summed E-state index contributed by atoms with van der Waals surface area (Å²) < 4.78 is 0. The Morgan fingerprint density at radius 2 is 1.77 bits per heavy atom. The number of ketones is 1. The van der Waals surface area contributed by atoms with Crippen LogP contribution in [-0.2, 0) is 20.0 Å². The molecule has 1 unspecified atom stereocenters. The number of carbonyl (C=O) groups excluding carboxylic acids is 2. The molecule has 1 aliphatic rings. The van der Waals surface area contributed by atoms with Gasteiger partial charge in [-0.15, -0.1) is 17.9 Å². The molecule has 1 fully saturated rings. The maximum Gasteiger partial charge on any atom is 0.328 e. The minimum absolute atomic E-state index is 0. The van der Waals surface area contributed by atoms with Gasteiger partial charge in [0, 0.05) is 17.0 Å². The third kappa shape index (κ3) is 4.79. The van der Waals surface area contributed by atoms with Gasteiger partial charge < -0.3 is 4.84 Å². The molecule has 2 rings (SSSR count). The number of hydrogen-bond acceptors (Lipinski definition) is 4. The molecular formula is C20H29Cl2NO3. The van der Waals surface area contributed by atoms with E-state index in [9.17, 15) is 9.59 Å². The number of hydrogen-bond donors (Lipinski definition) is 1. The topological polar surface area (TPSA) is 55.4 Å². The van der Waals surface area contributed by atoms with Gasteiger partial charge in [-0.25, -0.2) is 0 Å². The number of Topliss-reactive ketones (excluding diaryl/α,β-unsaturated/α-hetero) is 1. The molecule has 0 bridgehead atoms.